The second-order valence-corrected chi connectivity index (χ2v) is 7.10. The predicted octanol–water partition coefficient (Wildman–Crippen LogP) is 0.738. The number of ketones is 1. The summed E-state index contributed by atoms with van der Waals surface area (Å²) in [7, 11) is -4.06. The van der Waals surface area contributed by atoms with Gasteiger partial charge in [-0.15, -0.1) is 0 Å². The smallest absolute Gasteiger partial charge is 0.313 e. The number of hydrogen-bond donors (Lipinski definition) is 0. The van der Waals surface area contributed by atoms with Crippen molar-refractivity contribution < 1.29 is 27.7 Å². The molecule has 1 heterocycles. The maximum atomic E-state index is 12.5. The number of rotatable bonds is 7. The third kappa shape index (κ3) is 3.60. The fourth-order valence-corrected chi connectivity index (χ4v) is 3.99. The van der Waals surface area contributed by atoms with Gasteiger partial charge < -0.3 is 4.74 Å². The SMILES string of the molecule is CCOC(=O)CC(=O)C1CN(S(=O)(=O)c2ccccc2[N+](=O)[O-])C1. The molecule has 0 bridgehead atoms. The van der Waals surface area contributed by atoms with Crippen LogP contribution in [0.3, 0.4) is 0 Å². The van der Waals surface area contributed by atoms with Crippen LogP contribution in [0, 0.1) is 16.0 Å². The second kappa shape index (κ2) is 7.05. The van der Waals surface area contributed by atoms with E-state index in [-0.39, 0.29) is 19.7 Å². The Labute approximate surface area is 138 Å². The third-order valence-corrected chi connectivity index (χ3v) is 5.49. The number of carbonyl (C=O) groups is 2. The number of carbonyl (C=O) groups excluding carboxylic acids is 2. The molecule has 1 saturated heterocycles. The minimum absolute atomic E-state index is 0.105. The molecule has 0 saturated carbocycles. The first kappa shape index (κ1) is 18.0. The van der Waals surface area contributed by atoms with Gasteiger partial charge in [-0.1, -0.05) is 12.1 Å². The molecule has 1 aromatic carbocycles. The van der Waals surface area contributed by atoms with E-state index in [0.29, 0.717) is 0 Å². The van der Waals surface area contributed by atoms with Crippen LogP contribution in [-0.2, 0) is 24.3 Å². The van der Waals surface area contributed by atoms with Crippen molar-refractivity contribution in [1.82, 2.24) is 4.31 Å². The van der Waals surface area contributed by atoms with Crippen LogP contribution in [0.15, 0.2) is 29.2 Å². The van der Waals surface area contributed by atoms with Gasteiger partial charge in [-0.3, -0.25) is 19.7 Å². The number of nitro benzene ring substituents is 1. The highest BCUT2D eigenvalue weighted by Crippen LogP contribution is 2.31. The molecule has 1 aliphatic rings. The van der Waals surface area contributed by atoms with E-state index < -0.39 is 49.6 Å². The van der Waals surface area contributed by atoms with Gasteiger partial charge in [-0.25, -0.2) is 8.42 Å². The van der Waals surface area contributed by atoms with Crippen molar-refractivity contribution in [2.75, 3.05) is 19.7 Å². The molecule has 2 rings (SSSR count). The van der Waals surface area contributed by atoms with E-state index >= 15 is 0 Å². The van der Waals surface area contributed by atoms with Crippen LogP contribution < -0.4 is 0 Å². The maximum absolute atomic E-state index is 12.5. The summed E-state index contributed by atoms with van der Waals surface area (Å²) in [5.41, 5.74) is -0.515. The van der Waals surface area contributed by atoms with Crippen molar-refractivity contribution in [3.63, 3.8) is 0 Å². The van der Waals surface area contributed by atoms with Crippen molar-refractivity contribution in [1.29, 1.82) is 0 Å². The highest BCUT2D eigenvalue weighted by atomic mass is 32.2. The molecule has 9 nitrogen and oxygen atoms in total. The van der Waals surface area contributed by atoms with Gasteiger partial charge in [0, 0.05) is 25.1 Å². The van der Waals surface area contributed by atoms with Gasteiger partial charge in [-0.05, 0) is 13.0 Å². The van der Waals surface area contributed by atoms with Crippen LogP contribution in [0.25, 0.3) is 0 Å². The van der Waals surface area contributed by atoms with Gasteiger partial charge in [0.1, 0.15) is 12.2 Å². The average Bonchev–Trinajstić information content (AvgIpc) is 2.45. The van der Waals surface area contributed by atoms with Crippen LogP contribution in [0.5, 0.6) is 0 Å². The first-order chi connectivity index (χ1) is 11.3. The molecule has 1 aliphatic heterocycles. The van der Waals surface area contributed by atoms with Gasteiger partial charge in [0.05, 0.1) is 11.5 Å². The standard InChI is InChI=1S/C14H16N2O7S/c1-2-23-14(18)7-12(17)10-8-15(9-10)24(21,22)13-6-4-3-5-11(13)16(19)20/h3-6,10H,2,7-9H2,1H3. The number of sulfonamides is 1. The zero-order valence-corrected chi connectivity index (χ0v) is 13.7. The minimum atomic E-state index is -4.06. The van der Waals surface area contributed by atoms with E-state index in [4.69, 9.17) is 0 Å². The predicted molar refractivity (Wildman–Crippen MR) is 81.6 cm³/mol. The average molecular weight is 356 g/mol. The van der Waals surface area contributed by atoms with E-state index in [2.05, 4.69) is 4.74 Å². The topological polar surface area (TPSA) is 124 Å². The van der Waals surface area contributed by atoms with Gasteiger partial charge in [0.15, 0.2) is 4.90 Å². The molecule has 0 atom stereocenters. The Kier molecular flexibility index (Phi) is 5.30. The molecule has 1 fully saturated rings. The number of ether oxygens (including phenoxy) is 1. The molecule has 0 N–H and O–H groups in total. The Hall–Kier alpha value is -2.33. The molecule has 10 heteroatoms. The molecular formula is C14H16N2O7S. The van der Waals surface area contributed by atoms with E-state index in [1.165, 1.54) is 12.1 Å². The van der Waals surface area contributed by atoms with E-state index in [1.54, 1.807) is 6.92 Å². The number of esters is 1. The summed E-state index contributed by atoms with van der Waals surface area (Å²) in [6.45, 7) is 1.57. The number of para-hydroxylation sites is 1. The zero-order chi connectivity index (χ0) is 17.9. The largest absolute Gasteiger partial charge is 0.466 e. The molecule has 0 spiro atoms. The zero-order valence-electron chi connectivity index (χ0n) is 12.9. The fraction of sp³-hybridized carbons (Fsp3) is 0.429. The summed E-state index contributed by atoms with van der Waals surface area (Å²) in [5.74, 6) is -1.66. The molecule has 0 aliphatic carbocycles. The molecule has 0 radical (unpaired) electrons. The van der Waals surface area contributed by atoms with Gasteiger partial charge in [0.25, 0.3) is 5.69 Å². The number of Topliss-reactive ketones (excluding diaryl/α,β-unsaturated/α-hetero) is 1. The molecule has 0 unspecified atom stereocenters. The van der Waals surface area contributed by atoms with Gasteiger partial charge in [-0.2, -0.15) is 4.31 Å². The third-order valence-electron chi connectivity index (χ3n) is 3.61. The summed E-state index contributed by atoms with van der Waals surface area (Å²) < 4.78 is 30.6. The van der Waals surface area contributed by atoms with E-state index in [0.717, 1.165) is 16.4 Å². The van der Waals surface area contributed by atoms with Crippen molar-refractivity contribution in [3.05, 3.63) is 34.4 Å². The Bertz CT molecular complexity index is 769. The molecule has 130 valence electrons. The van der Waals surface area contributed by atoms with E-state index in [1.807, 2.05) is 0 Å². The van der Waals surface area contributed by atoms with Crippen molar-refractivity contribution in [2.45, 2.75) is 18.2 Å². The molecule has 0 amide bonds. The Balaban J connectivity index is 2.06. The number of nitro groups is 1. The van der Waals surface area contributed by atoms with Crippen molar-refractivity contribution in [3.8, 4) is 0 Å². The van der Waals surface area contributed by atoms with Crippen LogP contribution in [0.2, 0.25) is 0 Å². The first-order valence-corrected chi connectivity index (χ1v) is 8.63. The minimum Gasteiger partial charge on any atom is -0.466 e. The van der Waals surface area contributed by atoms with Gasteiger partial charge >= 0.3 is 5.97 Å². The number of nitrogens with zero attached hydrogens (tertiary/aromatic N) is 2. The lowest BCUT2D eigenvalue weighted by Crippen LogP contribution is -2.53. The summed E-state index contributed by atoms with van der Waals surface area (Å²) in [6.07, 6.45) is -0.405. The summed E-state index contributed by atoms with van der Waals surface area (Å²) >= 11 is 0. The lowest BCUT2D eigenvalue weighted by atomic mass is 9.96. The highest BCUT2D eigenvalue weighted by molar-refractivity contribution is 7.89. The quantitative estimate of drug-likeness (QED) is 0.305. The van der Waals surface area contributed by atoms with Crippen molar-refractivity contribution >= 4 is 27.5 Å². The fourth-order valence-electron chi connectivity index (χ4n) is 2.30. The van der Waals surface area contributed by atoms with Crippen molar-refractivity contribution in [2.24, 2.45) is 5.92 Å². The Morgan fingerprint density at radius 2 is 1.96 bits per heavy atom. The second-order valence-electron chi connectivity index (χ2n) is 5.19. The van der Waals surface area contributed by atoms with Crippen LogP contribution in [0.1, 0.15) is 13.3 Å². The highest BCUT2D eigenvalue weighted by Gasteiger charge is 2.42. The van der Waals surface area contributed by atoms with Crippen LogP contribution in [-0.4, -0.2) is 49.1 Å². The number of hydrogen-bond acceptors (Lipinski definition) is 7. The molecule has 1 aromatic rings. The lowest BCUT2D eigenvalue weighted by molar-refractivity contribution is -0.387. The maximum Gasteiger partial charge on any atom is 0.313 e. The summed E-state index contributed by atoms with van der Waals surface area (Å²) in [4.78, 5) is 32.9. The normalized spacial score (nSPS) is 15.5. The van der Waals surface area contributed by atoms with Crippen LogP contribution >= 0.6 is 0 Å². The number of benzene rings is 1. The Morgan fingerprint density at radius 1 is 1.33 bits per heavy atom. The summed E-state index contributed by atoms with van der Waals surface area (Å²) in [5, 5.41) is 11.0. The first-order valence-electron chi connectivity index (χ1n) is 7.19. The molecular weight excluding hydrogens is 340 g/mol. The van der Waals surface area contributed by atoms with Gasteiger partial charge in [0.2, 0.25) is 10.0 Å². The summed E-state index contributed by atoms with van der Waals surface area (Å²) in [6, 6.07) is 5.03. The lowest BCUT2D eigenvalue weighted by Gasteiger charge is -2.36. The van der Waals surface area contributed by atoms with Crippen LogP contribution in [0.4, 0.5) is 5.69 Å². The Morgan fingerprint density at radius 3 is 2.54 bits per heavy atom. The molecule has 24 heavy (non-hydrogen) atoms. The van der Waals surface area contributed by atoms with E-state index in [9.17, 15) is 28.1 Å². The molecule has 0 aromatic heterocycles. The monoisotopic (exact) mass is 356 g/mol.